The summed E-state index contributed by atoms with van der Waals surface area (Å²) in [4.78, 5) is 0. The smallest absolute Gasteiger partial charge is 0.000740 e. The zero-order chi connectivity index (χ0) is 73.4. The van der Waals surface area contributed by atoms with Crippen molar-refractivity contribution in [3.63, 3.8) is 0 Å². The maximum absolute atomic E-state index is 2.67. The second kappa shape index (κ2) is 23.1. The summed E-state index contributed by atoms with van der Waals surface area (Å²) in [5.74, 6) is 0. The van der Waals surface area contributed by atoms with Crippen LogP contribution in [0.3, 0.4) is 0 Å². The van der Waals surface area contributed by atoms with E-state index in [1.807, 2.05) is 0 Å². The largest absolute Gasteiger partial charge is 0.0587 e. The normalized spacial score (nSPS) is 12.4. The van der Waals surface area contributed by atoms with Crippen molar-refractivity contribution in [1.29, 1.82) is 0 Å². The van der Waals surface area contributed by atoms with Gasteiger partial charge in [0, 0.05) is 0 Å². The van der Waals surface area contributed by atoms with E-state index in [1.165, 1.54) is 284 Å². The second-order valence-electron chi connectivity index (χ2n) is 32.2. The van der Waals surface area contributed by atoms with Crippen molar-refractivity contribution in [1.82, 2.24) is 0 Å². The molecule has 0 atom stereocenters. The number of hydrogen-bond acceptors (Lipinski definition) is 0. The molecule has 0 aromatic heterocycles. The van der Waals surface area contributed by atoms with Gasteiger partial charge in [0.2, 0.25) is 0 Å². The Labute approximate surface area is 638 Å². The first kappa shape index (κ1) is 62.9. The quantitative estimate of drug-likeness (QED) is 0.133. The molecule has 23 rings (SSSR count). The number of hydrogen-bond donors (Lipinski definition) is 0. The summed E-state index contributed by atoms with van der Waals surface area (Å²) >= 11 is 0. The molecule has 0 bridgehead atoms. The first-order valence-corrected chi connectivity index (χ1v) is 39.0. The van der Waals surface area contributed by atoms with Crippen molar-refractivity contribution in [2.75, 3.05) is 0 Å². The summed E-state index contributed by atoms with van der Waals surface area (Å²) in [6.07, 6.45) is 0. The molecule has 0 unspecified atom stereocenters. The molecule has 0 fully saturated rings. The first-order valence-electron chi connectivity index (χ1n) is 39.0. The molecule has 0 saturated heterocycles. The van der Waals surface area contributed by atoms with Crippen molar-refractivity contribution in [3.05, 3.63) is 390 Å². The fraction of sp³-hybridized carbons (Fsp3) is 0.0727. The highest BCUT2D eigenvalue weighted by atomic mass is 14.4. The minimum Gasteiger partial charge on any atom is -0.0587 e. The van der Waals surface area contributed by atoms with E-state index in [9.17, 15) is 0 Å². The van der Waals surface area contributed by atoms with Gasteiger partial charge in [-0.3, -0.25) is 0 Å². The molecular weight excluding hydrogens is 1320 g/mol. The van der Waals surface area contributed by atoms with Gasteiger partial charge in [0.05, 0.1) is 0 Å². The van der Waals surface area contributed by atoms with Crippen LogP contribution in [0, 0.1) is 97.1 Å². The Morgan fingerprint density at radius 2 is 0.355 bits per heavy atom. The highest BCUT2D eigenvalue weighted by Crippen LogP contribution is 2.63. The highest BCUT2D eigenvalue weighted by molar-refractivity contribution is 6.34. The molecule has 0 saturated carbocycles. The summed E-state index contributed by atoms with van der Waals surface area (Å²) in [6.45, 7) is 17.6. The molecule has 0 amide bonds. The minimum atomic E-state index is 1.21. The fourth-order valence-electron chi connectivity index (χ4n) is 20.0. The van der Waals surface area contributed by atoms with Crippen LogP contribution < -0.4 is 0 Å². The predicted molar refractivity (Wildman–Crippen MR) is 465 cm³/mol. The monoisotopic (exact) mass is 1390 g/mol. The van der Waals surface area contributed by atoms with Crippen LogP contribution in [0.5, 0.6) is 0 Å². The zero-order valence-electron chi connectivity index (χ0n) is 62.9. The molecule has 0 N–H and O–H groups in total. The van der Waals surface area contributed by atoms with E-state index >= 15 is 0 Å². The van der Waals surface area contributed by atoms with E-state index in [4.69, 9.17) is 0 Å². The lowest BCUT2D eigenvalue weighted by atomic mass is 9.79. The van der Waals surface area contributed by atoms with Crippen LogP contribution in [0.4, 0.5) is 0 Å². The van der Waals surface area contributed by atoms with Crippen LogP contribution in [-0.2, 0) is 0 Å². The first-order chi connectivity index (χ1) is 53.8. The number of aryl methyl sites for hydroxylation is 8. The van der Waals surface area contributed by atoms with Gasteiger partial charge in [0.15, 0.2) is 0 Å². The molecule has 0 heteroatoms. The molecule has 0 radical (unpaired) electrons. The van der Waals surface area contributed by atoms with Crippen LogP contribution in [-0.4, -0.2) is 0 Å². The predicted octanol–water partition coefficient (Wildman–Crippen LogP) is 29.5. The molecule has 19 aromatic carbocycles. The lowest BCUT2D eigenvalue weighted by molar-refractivity contribution is 1.44. The summed E-state index contributed by atoms with van der Waals surface area (Å²) in [6, 6.07) is 119. The fourth-order valence-corrected chi connectivity index (χ4v) is 20.0. The van der Waals surface area contributed by atoms with Crippen molar-refractivity contribution < 1.29 is 0 Å². The van der Waals surface area contributed by atoms with Gasteiger partial charge in [-0.1, -0.05) is 311 Å². The molecule has 4 aliphatic carbocycles. The van der Waals surface area contributed by atoms with Crippen LogP contribution >= 0.6 is 0 Å². The van der Waals surface area contributed by atoms with Crippen LogP contribution in [0.1, 0.15) is 44.5 Å². The van der Waals surface area contributed by atoms with Crippen LogP contribution in [0.15, 0.2) is 303 Å². The molecule has 0 spiro atoms. The molecule has 4 aliphatic rings. The Morgan fingerprint density at radius 3 is 0.664 bits per heavy atom. The van der Waals surface area contributed by atoms with Crippen molar-refractivity contribution in [2.24, 2.45) is 0 Å². The van der Waals surface area contributed by atoms with Crippen molar-refractivity contribution in [3.8, 4) is 134 Å². The average Bonchev–Trinajstić information content (AvgIpc) is 1.43. The molecule has 110 heavy (non-hydrogen) atoms. The van der Waals surface area contributed by atoms with Crippen molar-refractivity contribution in [2.45, 2.75) is 55.4 Å². The topological polar surface area (TPSA) is 0 Å². The van der Waals surface area contributed by atoms with Gasteiger partial charge in [-0.05, 0) is 332 Å². The lowest BCUT2D eigenvalue weighted by Gasteiger charge is -2.23. The second-order valence-corrected chi connectivity index (χ2v) is 32.2. The van der Waals surface area contributed by atoms with Gasteiger partial charge in [0.25, 0.3) is 0 Å². The summed E-state index contributed by atoms with van der Waals surface area (Å²) in [7, 11) is 0. The van der Waals surface area contributed by atoms with Crippen molar-refractivity contribution >= 4 is 64.6 Å². The molecular formula is C110H74. The van der Waals surface area contributed by atoms with Gasteiger partial charge in [-0.2, -0.15) is 0 Å². The van der Waals surface area contributed by atoms with E-state index < -0.39 is 0 Å². The maximum atomic E-state index is 2.67. The summed E-state index contributed by atoms with van der Waals surface area (Å²) < 4.78 is 0. The number of fused-ring (bicyclic) bond motifs is 12. The van der Waals surface area contributed by atoms with Gasteiger partial charge in [0.1, 0.15) is 0 Å². The van der Waals surface area contributed by atoms with Gasteiger partial charge in [-0.15, -0.1) is 0 Å². The number of benzene rings is 19. The van der Waals surface area contributed by atoms with Gasteiger partial charge < -0.3 is 0 Å². The van der Waals surface area contributed by atoms with E-state index in [0.717, 1.165) is 0 Å². The summed E-state index contributed by atoms with van der Waals surface area (Å²) in [5.41, 5.74) is 40.2. The van der Waals surface area contributed by atoms with Gasteiger partial charge >= 0.3 is 0 Å². The Morgan fingerprint density at radius 1 is 0.127 bits per heavy atom. The van der Waals surface area contributed by atoms with Crippen LogP contribution in [0.2, 0.25) is 0 Å². The SMILES string of the molecule is Cc1ccc(-c2ccc(-c3ccc(C)cc3)c3cc4c(cc23)-c2ccc3c5c(ccc-4c25)-c2c-3c(-c3ccc(C)cc3)c3cc4c(-c5ccc(C)cc5)c5c(c(-c6ccc(C)cc6)c4cc3c2-c2ccc(C)cc2)=c2ccc3c4c(ccc=5c24)=c2cc4c(-c5ccc(C)cc5)ccc(-c5ccc(C)cc5)c4cc2=3)cc1. The Kier molecular flexibility index (Phi) is 13.2. The molecule has 0 nitrogen and oxygen atoms in total. The number of rotatable bonds is 8. The Bertz CT molecular complexity index is 7380. The van der Waals surface area contributed by atoms with E-state index in [2.05, 4.69) is 359 Å². The Hall–Kier alpha value is -13.3. The minimum absolute atomic E-state index is 1.21. The third-order valence-electron chi connectivity index (χ3n) is 25.4. The van der Waals surface area contributed by atoms with Gasteiger partial charge in [-0.25, -0.2) is 0 Å². The summed E-state index contributed by atoms with van der Waals surface area (Å²) in [5, 5.41) is 25.8. The zero-order valence-corrected chi connectivity index (χ0v) is 62.9. The van der Waals surface area contributed by atoms with E-state index in [0.29, 0.717) is 0 Å². The Balaban J connectivity index is 0.860. The third-order valence-corrected chi connectivity index (χ3v) is 25.4. The molecule has 19 aromatic rings. The average molecular weight is 1400 g/mol. The lowest BCUT2D eigenvalue weighted by Crippen LogP contribution is -1.97. The molecule has 0 aliphatic heterocycles. The molecule has 514 valence electrons. The maximum Gasteiger partial charge on any atom is -0.000740 e. The molecule has 0 heterocycles. The van der Waals surface area contributed by atoms with E-state index in [-0.39, 0.29) is 0 Å². The van der Waals surface area contributed by atoms with Crippen LogP contribution in [0.25, 0.3) is 198 Å². The standard InChI is InChI=1S/C110H74/c1-59-9-25-67(26-10-59)75-41-42-76(68-27-11-60(2)12-28-68)88-54-92-80-46-50-84-105-83(49-45-79(103(80)105)91(92)53-87(75)88)107-99(71-33-17-63(5)18-34-71)95-57-97-98(58-96(95)100(108(84)107)72-35-19-64(6)20-36-72)102(74-39-23-66(8)24-40-74)110-86-52-48-82-94-56-90-78(70-31-15-62(4)16-32-70)44-43-77(69-29-13-61(3)14-30-69)89(90)55-93(94)81-47-51-85(106(86)104(81)82)109(110)101(97)73-37-21-65(7)22-38-73/h9-58H,1-8H3. The third kappa shape index (κ3) is 8.96. The van der Waals surface area contributed by atoms with E-state index in [1.54, 1.807) is 0 Å². The highest BCUT2D eigenvalue weighted by Gasteiger charge is 2.36.